The first kappa shape index (κ1) is 29.4. The standard InChI is InChI=1S/C29H46N2O6/c1-10-12-13-15-36-26(35)22-21-24(33)31(20(17-32)18(3)4)23(25(34)30(14-11-2)27(6,7)8)29(21)16-19(5)28(22,9)37-29/h10-11,18-23,32H,1-2,12-17H2,3-9H3/t19?,20-,21-,22-,23?,28+,29?/m0/s1. The number of hydrogen-bond acceptors (Lipinski definition) is 6. The second-order valence-corrected chi connectivity index (χ2v) is 12.5. The molecule has 3 rings (SSSR count). The first-order valence-corrected chi connectivity index (χ1v) is 13.6. The minimum absolute atomic E-state index is 0.0772. The number of ether oxygens (including phenoxy) is 2. The van der Waals surface area contributed by atoms with Gasteiger partial charge in [0.05, 0.1) is 30.8 Å². The van der Waals surface area contributed by atoms with Crippen LogP contribution in [0.4, 0.5) is 0 Å². The zero-order chi connectivity index (χ0) is 27.9. The van der Waals surface area contributed by atoms with Crippen LogP contribution in [0.1, 0.15) is 67.7 Å². The molecule has 0 aromatic rings. The van der Waals surface area contributed by atoms with Crippen LogP contribution in [0.3, 0.4) is 0 Å². The van der Waals surface area contributed by atoms with Gasteiger partial charge in [0.2, 0.25) is 11.8 Å². The number of carbonyl (C=O) groups excluding carboxylic acids is 3. The molecule has 0 radical (unpaired) electrons. The van der Waals surface area contributed by atoms with E-state index in [2.05, 4.69) is 13.2 Å². The van der Waals surface area contributed by atoms with Gasteiger partial charge in [-0.15, -0.1) is 13.2 Å². The van der Waals surface area contributed by atoms with Crippen molar-refractivity contribution >= 4 is 17.8 Å². The van der Waals surface area contributed by atoms with Crippen molar-refractivity contribution in [1.82, 2.24) is 9.80 Å². The summed E-state index contributed by atoms with van der Waals surface area (Å²) in [6.45, 7) is 21.3. The van der Waals surface area contributed by atoms with E-state index in [4.69, 9.17) is 9.47 Å². The number of carbonyl (C=O) groups is 3. The van der Waals surface area contributed by atoms with E-state index < -0.39 is 46.6 Å². The summed E-state index contributed by atoms with van der Waals surface area (Å²) >= 11 is 0. The highest BCUT2D eigenvalue weighted by molar-refractivity contribution is 5.99. The number of nitrogens with zero attached hydrogens (tertiary/aromatic N) is 2. The third-order valence-corrected chi connectivity index (χ3v) is 8.74. The van der Waals surface area contributed by atoms with Crippen LogP contribution in [0.5, 0.6) is 0 Å². The summed E-state index contributed by atoms with van der Waals surface area (Å²) < 4.78 is 12.4. The van der Waals surface area contributed by atoms with E-state index in [1.807, 2.05) is 48.5 Å². The van der Waals surface area contributed by atoms with Gasteiger partial charge in [-0.1, -0.05) is 32.9 Å². The lowest BCUT2D eigenvalue weighted by atomic mass is 9.62. The molecule has 1 spiro atoms. The molecule has 3 aliphatic heterocycles. The molecule has 2 bridgehead atoms. The molecule has 2 amide bonds. The molecular formula is C29H46N2O6. The van der Waals surface area contributed by atoms with Crippen molar-refractivity contribution in [2.45, 2.75) is 96.6 Å². The number of likely N-dealkylation sites (tertiary alicyclic amines) is 1. The third-order valence-electron chi connectivity index (χ3n) is 8.74. The Balaban J connectivity index is 2.14. The molecule has 37 heavy (non-hydrogen) atoms. The van der Waals surface area contributed by atoms with E-state index in [-0.39, 0.29) is 36.9 Å². The monoisotopic (exact) mass is 518 g/mol. The molecule has 0 aromatic carbocycles. The van der Waals surface area contributed by atoms with E-state index in [1.54, 1.807) is 17.1 Å². The molecular weight excluding hydrogens is 472 g/mol. The largest absolute Gasteiger partial charge is 0.465 e. The van der Waals surface area contributed by atoms with E-state index in [9.17, 15) is 19.5 Å². The van der Waals surface area contributed by atoms with Gasteiger partial charge in [-0.2, -0.15) is 0 Å². The van der Waals surface area contributed by atoms with Gasteiger partial charge in [-0.05, 0) is 58.8 Å². The first-order valence-electron chi connectivity index (χ1n) is 13.6. The maximum atomic E-state index is 14.4. The molecule has 3 fully saturated rings. The van der Waals surface area contributed by atoms with Crippen molar-refractivity contribution in [2.75, 3.05) is 19.8 Å². The van der Waals surface area contributed by atoms with Crippen LogP contribution >= 0.6 is 0 Å². The van der Waals surface area contributed by atoms with Gasteiger partial charge in [0.25, 0.3) is 0 Å². The van der Waals surface area contributed by atoms with Crippen LogP contribution in [-0.4, -0.2) is 81.3 Å². The molecule has 0 aliphatic carbocycles. The Morgan fingerprint density at radius 1 is 1.30 bits per heavy atom. The normalized spacial score (nSPS) is 33.4. The number of aliphatic hydroxyl groups is 1. The van der Waals surface area contributed by atoms with Gasteiger partial charge in [0.1, 0.15) is 17.6 Å². The number of rotatable bonds is 11. The fraction of sp³-hybridized carbons (Fsp3) is 0.759. The topological polar surface area (TPSA) is 96.4 Å². The lowest BCUT2D eigenvalue weighted by Gasteiger charge is -2.44. The molecule has 7 atom stereocenters. The summed E-state index contributed by atoms with van der Waals surface area (Å²) in [5, 5.41) is 10.4. The smallest absolute Gasteiger partial charge is 0.312 e. The predicted molar refractivity (Wildman–Crippen MR) is 141 cm³/mol. The van der Waals surface area contributed by atoms with Crippen LogP contribution < -0.4 is 0 Å². The summed E-state index contributed by atoms with van der Waals surface area (Å²) in [5.74, 6) is -2.91. The molecule has 8 heteroatoms. The predicted octanol–water partition coefficient (Wildman–Crippen LogP) is 3.34. The van der Waals surface area contributed by atoms with Crippen molar-refractivity contribution in [1.29, 1.82) is 0 Å². The Labute approximate surface area is 222 Å². The van der Waals surface area contributed by atoms with Crippen LogP contribution in [0.2, 0.25) is 0 Å². The number of amides is 2. The van der Waals surface area contributed by atoms with E-state index >= 15 is 0 Å². The molecule has 208 valence electrons. The summed E-state index contributed by atoms with van der Waals surface area (Å²) in [6.07, 6.45) is 5.28. The zero-order valence-electron chi connectivity index (χ0n) is 23.7. The third kappa shape index (κ3) is 4.65. The van der Waals surface area contributed by atoms with Crippen molar-refractivity contribution in [3.8, 4) is 0 Å². The van der Waals surface area contributed by atoms with Gasteiger partial charge in [-0.3, -0.25) is 14.4 Å². The van der Waals surface area contributed by atoms with Crippen molar-refractivity contribution < 1.29 is 29.0 Å². The second kappa shape index (κ2) is 10.5. The van der Waals surface area contributed by atoms with Gasteiger partial charge >= 0.3 is 5.97 Å². The SMILES string of the molecule is C=CCCCOC(=O)[C@@H]1[C@H]2C(=O)N([C@@H](CO)C(C)C)C(C(=O)N(CC=C)C(C)(C)C)C23CC(C)[C@@]1(C)O3. The number of fused-ring (bicyclic) bond motifs is 1. The number of allylic oxidation sites excluding steroid dienone is 1. The molecule has 3 unspecified atom stereocenters. The minimum Gasteiger partial charge on any atom is -0.465 e. The Kier molecular flexibility index (Phi) is 8.35. The van der Waals surface area contributed by atoms with Gasteiger partial charge in [0, 0.05) is 12.1 Å². The average Bonchev–Trinajstić information content (AvgIpc) is 3.31. The molecule has 3 saturated heterocycles. The van der Waals surface area contributed by atoms with Gasteiger partial charge in [0.15, 0.2) is 0 Å². The highest BCUT2D eigenvalue weighted by Crippen LogP contribution is 2.66. The van der Waals surface area contributed by atoms with Gasteiger partial charge < -0.3 is 24.4 Å². The zero-order valence-corrected chi connectivity index (χ0v) is 23.7. The quantitative estimate of drug-likeness (QED) is 0.256. The van der Waals surface area contributed by atoms with Crippen LogP contribution in [-0.2, 0) is 23.9 Å². The van der Waals surface area contributed by atoms with Crippen molar-refractivity contribution in [2.24, 2.45) is 23.7 Å². The fourth-order valence-corrected chi connectivity index (χ4v) is 6.75. The Morgan fingerprint density at radius 2 is 1.95 bits per heavy atom. The number of aliphatic hydroxyl groups excluding tert-OH is 1. The molecule has 8 nitrogen and oxygen atoms in total. The Hall–Kier alpha value is -2.19. The molecule has 3 heterocycles. The summed E-state index contributed by atoms with van der Waals surface area (Å²) in [4.78, 5) is 45.5. The second-order valence-electron chi connectivity index (χ2n) is 12.5. The van der Waals surface area contributed by atoms with Crippen LogP contribution in [0.25, 0.3) is 0 Å². The summed E-state index contributed by atoms with van der Waals surface area (Å²) in [6, 6.07) is -1.56. The van der Waals surface area contributed by atoms with E-state index in [1.165, 1.54) is 4.90 Å². The van der Waals surface area contributed by atoms with E-state index in [0.29, 0.717) is 19.4 Å². The maximum Gasteiger partial charge on any atom is 0.312 e. The minimum atomic E-state index is -1.18. The van der Waals surface area contributed by atoms with E-state index in [0.717, 1.165) is 6.42 Å². The van der Waals surface area contributed by atoms with Crippen LogP contribution in [0.15, 0.2) is 25.3 Å². The first-order chi connectivity index (χ1) is 17.2. The number of unbranched alkanes of at least 4 members (excludes halogenated alkanes) is 1. The fourth-order valence-electron chi connectivity index (χ4n) is 6.75. The van der Waals surface area contributed by atoms with Crippen LogP contribution in [0, 0.1) is 23.7 Å². The van der Waals surface area contributed by atoms with Crippen molar-refractivity contribution in [3.63, 3.8) is 0 Å². The summed E-state index contributed by atoms with van der Waals surface area (Å²) in [7, 11) is 0. The Morgan fingerprint density at radius 3 is 2.46 bits per heavy atom. The molecule has 3 aliphatic rings. The number of hydrogen-bond donors (Lipinski definition) is 1. The lowest BCUT2D eigenvalue weighted by Crippen LogP contribution is -2.62. The average molecular weight is 519 g/mol. The highest BCUT2D eigenvalue weighted by atomic mass is 16.6. The molecule has 0 saturated carbocycles. The lowest BCUT2D eigenvalue weighted by molar-refractivity contribution is -0.165. The maximum absolute atomic E-state index is 14.4. The summed E-state index contributed by atoms with van der Waals surface area (Å²) in [5.41, 5.74) is -2.66. The van der Waals surface area contributed by atoms with Crippen molar-refractivity contribution in [3.05, 3.63) is 25.3 Å². The number of esters is 1. The molecule has 1 N–H and O–H groups in total. The Bertz CT molecular complexity index is 926. The molecule has 0 aromatic heterocycles. The van der Waals surface area contributed by atoms with Gasteiger partial charge in [-0.25, -0.2) is 0 Å². The highest BCUT2D eigenvalue weighted by Gasteiger charge is 2.81.